The van der Waals surface area contributed by atoms with Gasteiger partial charge in [0.25, 0.3) is 0 Å². The standard InChI is InChI=1S/C31H39FN2O4/c1-37-25-7-3-5-22(19-25)6-4-17-34-18-15-23(24(21-34)9-13-31(35)36)8-11-29(32)27-14-16-33-30-12-10-26(38-2)20-28(27)30/h3,5,7,10,12,14,16,19-20,23-24,29H,4,6,8-9,11,13,15,17-18,21H2,1-2H3,(H,35,36)/t23?,24?,29-/m0/s1. The Morgan fingerprint density at radius 3 is 2.71 bits per heavy atom. The lowest BCUT2D eigenvalue weighted by atomic mass is 9.79. The number of fused-ring (bicyclic) bond motifs is 1. The quantitative estimate of drug-likeness (QED) is 0.277. The van der Waals surface area contributed by atoms with Crippen molar-refractivity contribution in [3.05, 3.63) is 65.9 Å². The van der Waals surface area contributed by atoms with E-state index < -0.39 is 12.1 Å². The molecular weight excluding hydrogens is 483 g/mol. The smallest absolute Gasteiger partial charge is 0.303 e. The van der Waals surface area contributed by atoms with Crippen molar-refractivity contribution in [3.63, 3.8) is 0 Å². The molecule has 6 nitrogen and oxygen atoms in total. The molecule has 2 unspecified atom stereocenters. The maximum atomic E-state index is 15.6. The summed E-state index contributed by atoms with van der Waals surface area (Å²) in [6, 6.07) is 15.5. The van der Waals surface area contributed by atoms with Crippen molar-refractivity contribution in [2.45, 2.75) is 51.1 Å². The van der Waals surface area contributed by atoms with Gasteiger partial charge >= 0.3 is 5.97 Å². The fourth-order valence-corrected chi connectivity index (χ4v) is 5.77. The number of likely N-dealkylation sites (tertiary alicyclic amines) is 1. The molecule has 204 valence electrons. The molecule has 0 bridgehead atoms. The van der Waals surface area contributed by atoms with Crippen molar-refractivity contribution < 1.29 is 23.8 Å². The monoisotopic (exact) mass is 522 g/mol. The molecule has 2 heterocycles. The number of carbonyl (C=O) groups is 1. The summed E-state index contributed by atoms with van der Waals surface area (Å²) in [7, 11) is 3.29. The highest BCUT2D eigenvalue weighted by molar-refractivity contribution is 5.83. The third-order valence-corrected chi connectivity index (χ3v) is 7.89. The molecule has 0 spiro atoms. The van der Waals surface area contributed by atoms with Crippen LogP contribution in [-0.2, 0) is 11.2 Å². The van der Waals surface area contributed by atoms with Crippen molar-refractivity contribution in [1.82, 2.24) is 9.88 Å². The minimum atomic E-state index is -1.10. The molecule has 1 aromatic heterocycles. The number of aliphatic carboxylic acids is 1. The van der Waals surface area contributed by atoms with Crippen molar-refractivity contribution in [2.24, 2.45) is 11.8 Å². The van der Waals surface area contributed by atoms with Gasteiger partial charge in [-0.1, -0.05) is 12.1 Å². The summed E-state index contributed by atoms with van der Waals surface area (Å²) in [4.78, 5) is 18.2. The fraction of sp³-hybridized carbons (Fsp3) is 0.484. The van der Waals surface area contributed by atoms with Gasteiger partial charge in [-0.15, -0.1) is 0 Å². The minimum Gasteiger partial charge on any atom is -0.497 e. The van der Waals surface area contributed by atoms with Crippen molar-refractivity contribution in [3.8, 4) is 11.5 Å². The first kappa shape index (κ1) is 27.8. The SMILES string of the molecule is COc1cccc(CCCN2CCC(CC[C@H](F)c3ccnc4ccc(OC)cc34)C(CCC(=O)O)C2)c1. The zero-order chi connectivity index (χ0) is 26.9. The summed E-state index contributed by atoms with van der Waals surface area (Å²) in [6.45, 7) is 2.82. The van der Waals surface area contributed by atoms with E-state index in [1.807, 2.05) is 30.3 Å². The molecule has 0 amide bonds. The summed E-state index contributed by atoms with van der Waals surface area (Å²) < 4.78 is 26.2. The van der Waals surface area contributed by atoms with E-state index in [0.717, 1.165) is 62.0 Å². The number of carboxylic acids is 1. The van der Waals surface area contributed by atoms with Gasteiger partial charge in [0.2, 0.25) is 0 Å². The molecule has 38 heavy (non-hydrogen) atoms. The first-order valence-electron chi connectivity index (χ1n) is 13.6. The fourth-order valence-electron chi connectivity index (χ4n) is 5.77. The number of halogens is 1. The molecule has 4 rings (SSSR count). The second-order valence-electron chi connectivity index (χ2n) is 10.3. The molecule has 7 heteroatoms. The molecule has 1 aliphatic heterocycles. The number of aryl methyl sites for hydroxylation is 1. The second-order valence-corrected chi connectivity index (χ2v) is 10.3. The third-order valence-electron chi connectivity index (χ3n) is 7.89. The van der Waals surface area contributed by atoms with Crippen LogP contribution in [0.1, 0.15) is 55.8 Å². The average Bonchev–Trinajstić information content (AvgIpc) is 2.94. The lowest BCUT2D eigenvalue weighted by Gasteiger charge is -2.39. The third kappa shape index (κ3) is 7.44. The predicted molar refractivity (Wildman–Crippen MR) is 148 cm³/mol. The number of rotatable bonds is 13. The molecule has 1 saturated heterocycles. The van der Waals surface area contributed by atoms with E-state index in [9.17, 15) is 9.90 Å². The molecule has 0 saturated carbocycles. The Morgan fingerprint density at radius 1 is 1.11 bits per heavy atom. The predicted octanol–water partition coefficient (Wildman–Crippen LogP) is 6.48. The van der Waals surface area contributed by atoms with Crippen LogP contribution >= 0.6 is 0 Å². The van der Waals surface area contributed by atoms with Gasteiger partial charge in [0.05, 0.1) is 19.7 Å². The van der Waals surface area contributed by atoms with Gasteiger partial charge in [-0.3, -0.25) is 9.78 Å². The summed E-state index contributed by atoms with van der Waals surface area (Å²) >= 11 is 0. The number of pyridine rings is 1. The number of hydrogen-bond donors (Lipinski definition) is 1. The van der Waals surface area contributed by atoms with Crippen LogP contribution in [0.5, 0.6) is 11.5 Å². The van der Waals surface area contributed by atoms with Crippen LogP contribution < -0.4 is 9.47 Å². The number of nitrogens with zero attached hydrogens (tertiary/aromatic N) is 2. The van der Waals surface area contributed by atoms with Crippen LogP contribution in [0.15, 0.2) is 54.7 Å². The Hall–Kier alpha value is -3.19. The Kier molecular flexibility index (Phi) is 9.93. The molecule has 1 fully saturated rings. The Labute approximate surface area is 224 Å². The molecule has 1 N–H and O–H groups in total. The number of methoxy groups -OCH3 is 2. The van der Waals surface area contributed by atoms with Gasteiger partial charge in [0.15, 0.2) is 0 Å². The summed E-state index contributed by atoms with van der Waals surface area (Å²) in [5.74, 6) is 1.39. The first-order valence-corrected chi connectivity index (χ1v) is 13.6. The molecule has 2 aromatic carbocycles. The number of piperidine rings is 1. The number of benzene rings is 2. The van der Waals surface area contributed by atoms with E-state index in [1.54, 1.807) is 26.5 Å². The van der Waals surface area contributed by atoms with Crippen molar-refractivity contribution >= 4 is 16.9 Å². The molecular formula is C31H39FN2O4. The Balaban J connectivity index is 1.34. The normalized spacial score (nSPS) is 18.8. The highest BCUT2D eigenvalue weighted by Crippen LogP contribution is 2.36. The second kappa shape index (κ2) is 13.6. The summed E-state index contributed by atoms with van der Waals surface area (Å²) in [6.07, 6.45) is 5.51. The van der Waals surface area contributed by atoms with Crippen LogP contribution in [0, 0.1) is 11.8 Å². The topological polar surface area (TPSA) is 71.9 Å². The lowest BCUT2D eigenvalue weighted by Crippen LogP contribution is -2.41. The molecule has 1 aliphatic rings. The molecule has 0 radical (unpaired) electrons. The minimum absolute atomic E-state index is 0.159. The maximum Gasteiger partial charge on any atom is 0.303 e. The van der Waals surface area contributed by atoms with E-state index in [2.05, 4.69) is 22.0 Å². The molecule has 3 atom stereocenters. The summed E-state index contributed by atoms with van der Waals surface area (Å²) in [5.41, 5.74) is 2.66. The van der Waals surface area contributed by atoms with Gasteiger partial charge in [0, 0.05) is 24.5 Å². The Bertz CT molecular complexity index is 1200. The van der Waals surface area contributed by atoms with Crippen LogP contribution in [0.25, 0.3) is 10.9 Å². The first-order chi connectivity index (χ1) is 18.5. The average molecular weight is 523 g/mol. The summed E-state index contributed by atoms with van der Waals surface area (Å²) in [5, 5.41) is 10.1. The van der Waals surface area contributed by atoms with Crippen LogP contribution in [0.3, 0.4) is 0 Å². The van der Waals surface area contributed by atoms with Gasteiger partial charge in [-0.25, -0.2) is 4.39 Å². The molecule has 0 aliphatic carbocycles. The molecule has 3 aromatic rings. The van der Waals surface area contributed by atoms with Crippen molar-refractivity contribution in [2.75, 3.05) is 33.9 Å². The number of hydrogen-bond acceptors (Lipinski definition) is 5. The Morgan fingerprint density at radius 2 is 1.92 bits per heavy atom. The highest BCUT2D eigenvalue weighted by Gasteiger charge is 2.30. The number of ether oxygens (including phenoxy) is 2. The van der Waals surface area contributed by atoms with Gasteiger partial charge in [-0.05, 0) is 111 Å². The van der Waals surface area contributed by atoms with Crippen LogP contribution in [0.4, 0.5) is 4.39 Å². The van der Waals surface area contributed by atoms with Gasteiger partial charge < -0.3 is 19.5 Å². The number of carboxylic acid groups (broad SMARTS) is 1. The lowest BCUT2D eigenvalue weighted by molar-refractivity contribution is -0.137. The zero-order valence-corrected chi connectivity index (χ0v) is 22.4. The largest absolute Gasteiger partial charge is 0.497 e. The highest BCUT2D eigenvalue weighted by atomic mass is 19.1. The van der Waals surface area contributed by atoms with E-state index >= 15 is 4.39 Å². The van der Waals surface area contributed by atoms with Crippen LogP contribution in [-0.4, -0.2) is 54.8 Å². The van der Waals surface area contributed by atoms with Crippen LogP contribution in [0.2, 0.25) is 0 Å². The van der Waals surface area contributed by atoms with Crippen molar-refractivity contribution in [1.29, 1.82) is 0 Å². The van der Waals surface area contributed by atoms with E-state index in [1.165, 1.54) is 5.56 Å². The van der Waals surface area contributed by atoms with Gasteiger partial charge in [0.1, 0.15) is 17.7 Å². The van der Waals surface area contributed by atoms with E-state index in [-0.39, 0.29) is 12.3 Å². The zero-order valence-electron chi connectivity index (χ0n) is 22.4. The number of alkyl halides is 1. The van der Waals surface area contributed by atoms with E-state index in [0.29, 0.717) is 30.1 Å². The number of aromatic nitrogens is 1. The maximum absolute atomic E-state index is 15.6. The van der Waals surface area contributed by atoms with Gasteiger partial charge in [-0.2, -0.15) is 0 Å². The van der Waals surface area contributed by atoms with E-state index in [4.69, 9.17) is 9.47 Å².